The van der Waals surface area contributed by atoms with Crippen LogP contribution in [0.25, 0.3) is 0 Å². The number of rotatable bonds is 15. The molecule has 0 atom stereocenters. The maximum Gasteiger partial charge on any atom is 0.0236 e. The third-order valence-electron chi connectivity index (χ3n) is 5.06. The van der Waals surface area contributed by atoms with E-state index in [1.54, 1.807) is 0 Å². The van der Waals surface area contributed by atoms with Crippen LogP contribution in [0.3, 0.4) is 0 Å². The molecule has 0 aliphatic carbocycles. The average molecular weight is 332 g/mol. The highest BCUT2D eigenvalue weighted by molar-refractivity contribution is 5.25. The zero-order valence-electron chi connectivity index (χ0n) is 16.7. The zero-order chi connectivity index (χ0) is 17.5. The van der Waals surface area contributed by atoms with Gasteiger partial charge in [-0.05, 0) is 44.0 Å². The van der Waals surface area contributed by atoms with Crippen LogP contribution in [0.2, 0.25) is 0 Å². The molecule has 1 heteroatoms. The first-order valence-electron chi connectivity index (χ1n) is 10.5. The van der Waals surface area contributed by atoms with Gasteiger partial charge >= 0.3 is 0 Å². The average Bonchev–Trinajstić information content (AvgIpc) is 2.59. The van der Waals surface area contributed by atoms with Gasteiger partial charge in [0.1, 0.15) is 0 Å². The number of hydrogen-bond donors (Lipinski definition) is 0. The summed E-state index contributed by atoms with van der Waals surface area (Å²) in [7, 11) is 0. The lowest BCUT2D eigenvalue weighted by molar-refractivity contribution is 0.252. The van der Waals surface area contributed by atoms with Crippen LogP contribution in [-0.2, 0) is 6.54 Å². The van der Waals surface area contributed by atoms with Gasteiger partial charge in [-0.15, -0.1) is 0 Å². The number of nitrogens with zero attached hydrogens (tertiary/aromatic N) is 1. The minimum absolute atomic E-state index is 1.13. The second-order valence-electron chi connectivity index (χ2n) is 7.38. The van der Waals surface area contributed by atoms with Crippen molar-refractivity contribution in [2.24, 2.45) is 0 Å². The van der Waals surface area contributed by atoms with Crippen molar-refractivity contribution in [1.29, 1.82) is 0 Å². The minimum atomic E-state index is 1.13. The van der Waals surface area contributed by atoms with Crippen molar-refractivity contribution >= 4 is 0 Å². The SMILES string of the molecule is CCCCCCCCN(CCCCCCC)Cc1ccccc1C. The summed E-state index contributed by atoms with van der Waals surface area (Å²) < 4.78 is 0. The number of hydrogen-bond acceptors (Lipinski definition) is 1. The fraction of sp³-hybridized carbons (Fsp3) is 0.739. The Bertz CT molecular complexity index is 399. The monoisotopic (exact) mass is 331 g/mol. The Labute approximate surface area is 151 Å². The molecule has 138 valence electrons. The van der Waals surface area contributed by atoms with Crippen LogP contribution in [-0.4, -0.2) is 18.0 Å². The summed E-state index contributed by atoms with van der Waals surface area (Å²) >= 11 is 0. The molecule has 0 saturated carbocycles. The first-order chi connectivity index (χ1) is 11.8. The van der Waals surface area contributed by atoms with E-state index in [0.717, 1.165) is 6.54 Å². The van der Waals surface area contributed by atoms with Gasteiger partial charge in [-0.2, -0.15) is 0 Å². The largest absolute Gasteiger partial charge is 0.299 e. The fourth-order valence-electron chi connectivity index (χ4n) is 3.35. The molecule has 1 aromatic rings. The topological polar surface area (TPSA) is 3.24 Å². The van der Waals surface area contributed by atoms with Gasteiger partial charge in [0.25, 0.3) is 0 Å². The Morgan fingerprint density at radius 2 is 1.17 bits per heavy atom. The second kappa shape index (κ2) is 14.5. The van der Waals surface area contributed by atoms with Crippen LogP contribution in [0.5, 0.6) is 0 Å². The smallest absolute Gasteiger partial charge is 0.0236 e. The van der Waals surface area contributed by atoms with Crippen LogP contribution in [0.15, 0.2) is 24.3 Å². The molecular weight excluding hydrogens is 290 g/mol. The molecule has 0 unspecified atom stereocenters. The van der Waals surface area contributed by atoms with E-state index in [9.17, 15) is 0 Å². The molecule has 0 fully saturated rings. The van der Waals surface area contributed by atoms with Crippen molar-refractivity contribution in [2.45, 2.75) is 97.9 Å². The van der Waals surface area contributed by atoms with Crippen LogP contribution < -0.4 is 0 Å². The molecule has 0 radical (unpaired) electrons. The maximum absolute atomic E-state index is 2.70. The van der Waals surface area contributed by atoms with Crippen LogP contribution in [0.4, 0.5) is 0 Å². The number of unbranched alkanes of at least 4 members (excludes halogenated alkanes) is 9. The highest BCUT2D eigenvalue weighted by Crippen LogP contribution is 2.14. The molecule has 0 bridgehead atoms. The summed E-state index contributed by atoms with van der Waals surface area (Å²) in [5.74, 6) is 0. The van der Waals surface area contributed by atoms with E-state index in [0.29, 0.717) is 0 Å². The molecule has 1 aromatic carbocycles. The van der Waals surface area contributed by atoms with Gasteiger partial charge in [0.15, 0.2) is 0 Å². The molecule has 0 heterocycles. The Morgan fingerprint density at radius 1 is 0.667 bits per heavy atom. The van der Waals surface area contributed by atoms with E-state index in [4.69, 9.17) is 0 Å². The molecular formula is C23H41N. The van der Waals surface area contributed by atoms with Crippen LogP contribution in [0.1, 0.15) is 95.6 Å². The summed E-state index contributed by atoms with van der Waals surface area (Å²) in [5, 5.41) is 0. The lowest BCUT2D eigenvalue weighted by atomic mass is 10.1. The number of aryl methyl sites for hydroxylation is 1. The van der Waals surface area contributed by atoms with Gasteiger partial charge in [-0.25, -0.2) is 0 Å². The van der Waals surface area contributed by atoms with Gasteiger partial charge in [-0.1, -0.05) is 95.9 Å². The van der Waals surface area contributed by atoms with Crippen LogP contribution in [0, 0.1) is 6.92 Å². The first-order valence-corrected chi connectivity index (χ1v) is 10.5. The molecule has 0 aromatic heterocycles. The van der Waals surface area contributed by atoms with E-state index >= 15 is 0 Å². The first kappa shape index (κ1) is 21.2. The summed E-state index contributed by atoms with van der Waals surface area (Å²) in [6.07, 6.45) is 15.3. The Morgan fingerprint density at radius 3 is 1.71 bits per heavy atom. The summed E-state index contributed by atoms with van der Waals surface area (Å²) in [4.78, 5) is 2.70. The molecule has 0 saturated heterocycles. The van der Waals surface area contributed by atoms with Gasteiger partial charge < -0.3 is 0 Å². The van der Waals surface area contributed by atoms with Gasteiger partial charge in [0.05, 0.1) is 0 Å². The second-order valence-corrected chi connectivity index (χ2v) is 7.38. The zero-order valence-corrected chi connectivity index (χ0v) is 16.7. The lowest BCUT2D eigenvalue weighted by Gasteiger charge is -2.23. The van der Waals surface area contributed by atoms with Crippen molar-refractivity contribution in [3.8, 4) is 0 Å². The van der Waals surface area contributed by atoms with E-state index in [2.05, 4.69) is 49.9 Å². The molecule has 0 spiro atoms. The van der Waals surface area contributed by atoms with E-state index in [1.165, 1.54) is 94.8 Å². The van der Waals surface area contributed by atoms with E-state index in [1.807, 2.05) is 0 Å². The van der Waals surface area contributed by atoms with Crippen molar-refractivity contribution in [2.75, 3.05) is 13.1 Å². The number of benzene rings is 1. The fourth-order valence-corrected chi connectivity index (χ4v) is 3.35. The van der Waals surface area contributed by atoms with Crippen molar-refractivity contribution < 1.29 is 0 Å². The molecule has 24 heavy (non-hydrogen) atoms. The highest BCUT2D eigenvalue weighted by Gasteiger charge is 2.07. The quantitative estimate of drug-likeness (QED) is 0.309. The standard InChI is InChI=1S/C23H41N/c1-4-6-8-10-12-16-20-24(19-15-11-9-7-5-2)21-23-18-14-13-17-22(23)3/h13-14,17-18H,4-12,15-16,19-21H2,1-3H3. The molecule has 0 aliphatic rings. The lowest BCUT2D eigenvalue weighted by Crippen LogP contribution is -2.26. The Kier molecular flexibility index (Phi) is 12.8. The molecule has 1 nitrogen and oxygen atoms in total. The molecule has 1 rings (SSSR count). The third-order valence-corrected chi connectivity index (χ3v) is 5.06. The predicted octanol–water partition coefficient (Wildman–Crippen LogP) is 7.13. The van der Waals surface area contributed by atoms with Gasteiger partial charge in [-0.3, -0.25) is 4.90 Å². The van der Waals surface area contributed by atoms with Crippen molar-refractivity contribution in [3.63, 3.8) is 0 Å². The summed E-state index contributed by atoms with van der Waals surface area (Å²) in [6.45, 7) is 10.5. The highest BCUT2D eigenvalue weighted by atomic mass is 15.1. The van der Waals surface area contributed by atoms with Crippen molar-refractivity contribution in [1.82, 2.24) is 4.90 Å². The Balaban J connectivity index is 2.36. The summed E-state index contributed by atoms with van der Waals surface area (Å²) in [6, 6.07) is 8.90. The minimum Gasteiger partial charge on any atom is -0.299 e. The molecule has 0 N–H and O–H groups in total. The predicted molar refractivity (Wildman–Crippen MR) is 109 cm³/mol. The Hall–Kier alpha value is -0.820. The van der Waals surface area contributed by atoms with Crippen molar-refractivity contribution in [3.05, 3.63) is 35.4 Å². The normalized spacial score (nSPS) is 11.3. The van der Waals surface area contributed by atoms with Gasteiger partial charge in [0, 0.05) is 6.54 Å². The van der Waals surface area contributed by atoms with E-state index < -0.39 is 0 Å². The maximum atomic E-state index is 2.70. The van der Waals surface area contributed by atoms with E-state index in [-0.39, 0.29) is 0 Å². The third kappa shape index (κ3) is 10.1. The summed E-state index contributed by atoms with van der Waals surface area (Å²) in [5.41, 5.74) is 2.95. The molecule has 0 aliphatic heterocycles. The van der Waals surface area contributed by atoms with Gasteiger partial charge in [0.2, 0.25) is 0 Å². The molecule has 0 amide bonds. The van der Waals surface area contributed by atoms with Crippen LogP contribution >= 0.6 is 0 Å².